The number of sulfone groups is 1. The molecule has 1 aliphatic rings. The minimum Gasteiger partial charge on any atom is -0.378 e. The summed E-state index contributed by atoms with van der Waals surface area (Å²) in [5.74, 6) is 0.959. The average molecular weight is 463 g/mol. The number of hydrogen-bond acceptors (Lipinski definition) is 8. The van der Waals surface area contributed by atoms with Crippen molar-refractivity contribution in [3.05, 3.63) is 36.0 Å². The summed E-state index contributed by atoms with van der Waals surface area (Å²) in [6, 6.07) is 8.59. The van der Waals surface area contributed by atoms with Gasteiger partial charge in [0.15, 0.2) is 15.7 Å². The summed E-state index contributed by atoms with van der Waals surface area (Å²) in [4.78, 5) is 25.2. The monoisotopic (exact) mass is 462 g/mol. The lowest BCUT2D eigenvalue weighted by Gasteiger charge is -2.28. The number of nitrogens with zero attached hydrogens (tertiary/aromatic N) is 4. The maximum atomic E-state index is 12.0. The first-order valence-corrected chi connectivity index (χ1v) is 12.4. The summed E-state index contributed by atoms with van der Waals surface area (Å²) < 4.78 is 29.1. The molecular weight excluding hydrogens is 432 g/mol. The molecule has 0 saturated carbocycles. The van der Waals surface area contributed by atoms with Gasteiger partial charge in [-0.05, 0) is 38.4 Å². The van der Waals surface area contributed by atoms with Crippen molar-refractivity contribution in [3.63, 3.8) is 0 Å². The second-order valence-electron chi connectivity index (χ2n) is 7.97. The third-order valence-electron chi connectivity index (χ3n) is 4.76. The maximum absolute atomic E-state index is 12.0. The average Bonchev–Trinajstić information content (AvgIpc) is 2.73. The highest BCUT2D eigenvalue weighted by atomic mass is 32.2. The van der Waals surface area contributed by atoms with E-state index in [2.05, 4.69) is 25.5 Å². The number of nitrogens with one attached hydrogen (secondary N) is 2. The van der Waals surface area contributed by atoms with Gasteiger partial charge in [-0.15, -0.1) is 0 Å². The van der Waals surface area contributed by atoms with Gasteiger partial charge in [-0.2, -0.15) is 0 Å². The second kappa shape index (κ2) is 10.7. The summed E-state index contributed by atoms with van der Waals surface area (Å²) in [5.41, 5.74) is 1.81. The molecule has 1 aromatic carbocycles. The lowest BCUT2D eigenvalue weighted by Crippen LogP contribution is -2.37. The summed E-state index contributed by atoms with van der Waals surface area (Å²) in [7, 11) is 0.633. The van der Waals surface area contributed by atoms with E-state index in [1.54, 1.807) is 30.3 Å². The van der Waals surface area contributed by atoms with Crippen molar-refractivity contribution in [1.29, 1.82) is 0 Å². The molecule has 0 atom stereocenters. The quantitative estimate of drug-likeness (QED) is 0.601. The predicted octanol–water partition coefficient (Wildman–Crippen LogP) is 1.21. The lowest BCUT2D eigenvalue weighted by atomic mass is 10.2. The summed E-state index contributed by atoms with van der Waals surface area (Å²) in [6.07, 6.45) is 1.19. The van der Waals surface area contributed by atoms with Crippen LogP contribution in [0.1, 0.15) is 5.69 Å². The van der Waals surface area contributed by atoms with Gasteiger partial charge in [-0.1, -0.05) is 0 Å². The van der Waals surface area contributed by atoms with Gasteiger partial charge in [0.2, 0.25) is 0 Å². The Morgan fingerprint density at radius 1 is 1.16 bits per heavy atom. The van der Waals surface area contributed by atoms with Gasteiger partial charge >= 0.3 is 6.03 Å². The zero-order valence-corrected chi connectivity index (χ0v) is 19.5. The SMILES string of the molecule is CN(C)CCNC(=O)Nc1ccc(-c2nc(CS(C)(=O)=O)cc(N3CCOCC3)n2)cc1. The van der Waals surface area contributed by atoms with Crippen LogP contribution in [0.3, 0.4) is 0 Å². The first kappa shape index (κ1) is 23.9. The molecule has 0 spiro atoms. The third-order valence-corrected chi connectivity index (χ3v) is 5.58. The Morgan fingerprint density at radius 3 is 2.47 bits per heavy atom. The number of ether oxygens (including phenoxy) is 1. The van der Waals surface area contributed by atoms with Crippen LogP contribution in [0.15, 0.2) is 30.3 Å². The number of hydrogen-bond donors (Lipinski definition) is 2. The number of carbonyl (C=O) groups excluding carboxylic acids is 1. The highest BCUT2D eigenvalue weighted by Crippen LogP contribution is 2.23. The van der Waals surface area contributed by atoms with Crippen LogP contribution in [-0.4, -0.2) is 89.1 Å². The highest BCUT2D eigenvalue weighted by Gasteiger charge is 2.17. The molecule has 2 aromatic rings. The van der Waals surface area contributed by atoms with Gasteiger partial charge in [0.1, 0.15) is 5.82 Å². The van der Waals surface area contributed by atoms with E-state index in [9.17, 15) is 13.2 Å². The Morgan fingerprint density at radius 2 is 1.84 bits per heavy atom. The van der Waals surface area contributed by atoms with Crippen LogP contribution >= 0.6 is 0 Å². The van der Waals surface area contributed by atoms with Crippen LogP contribution in [0.2, 0.25) is 0 Å². The molecule has 32 heavy (non-hydrogen) atoms. The van der Waals surface area contributed by atoms with E-state index in [4.69, 9.17) is 4.74 Å². The van der Waals surface area contributed by atoms with E-state index in [0.29, 0.717) is 55.9 Å². The zero-order valence-electron chi connectivity index (χ0n) is 18.7. The summed E-state index contributed by atoms with van der Waals surface area (Å²) in [6.45, 7) is 3.84. The molecule has 10 nitrogen and oxygen atoms in total. The minimum atomic E-state index is -3.25. The van der Waals surface area contributed by atoms with E-state index in [1.807, 2.05) is 19.0 Å². The zero-order chi connectivity index (χ0) is 23.1. The second-order valence-corrected chi connectivity index (χ2v) is 10.1. The van der Waals surface area contributed by atoms with Gasteiger partial charge in [-0.3, -0.25) is 0 Å². The smallest absolute Gasteiger partial charge is 0.319 e. The number of morpholine rings is 1. The Labute approximate surface area is 188 Å². The van der Waals surface area contributed by atoms with Crippen molar-refractivity contribution in [2.24, 2.45) is 0 Å². The molecule has 0 radical (unpaired) electrons. The van der Waals surface area contributed by atoms with Gasteiger partial charge in [-0.25, -0.2) is 23.2 Å². The van der Waals surface area contributed by atoms with Gasteiger partial charge in [0, 0.05) is 49.8 Å². The molecule has 3 rings (SSSR count). The first-order chi connectivity index (χ1) is 15.2. The van der Waals surface area contributed by atoms with Gasteiger partial charge < -0.3 is 25.2 Å². The number of likely N-dealkylation sites (N-methyl/N-ethyl adjacent to an activating group) is 1. The molecule has 1 fully saturated rings. The molecule has 2 amide bonds. The standard InChI is InChI=1S/C21H30N6O4S/c1-26(2)9-8-22-21(28)24-17-6-4-16(5-7-17)20-23-18(15-32(3,29)30)14-19(25-20)27-10-12-31-13-11-27/h4-7,14H,8-13,15H2,1-3H3,(H2,22,24,28). The van der Waals surface area contributed by atoms with Crippen molar-refractivity contribution in [1.82, 2.24) is 20.2 Å². The van der Waals surface area contributed by atoms with Crippen LogP contribution in [0.5, 0.6) is 0 Å². The van der Waals surface area contributed by atoms with Crippen LogP contribution in [0.4, 0.5) is 16.3 Å². The van der Waals surface area contributed by atoms with E-state index in [1.165, 1.54) is 6.26 Å². The topological polar surface area (TPSA) is 117 Å². The number of urea groups is 1. The molecule has 0 unspecified atom stereocenters. The molecular formula is C21H30N6O4S. The normalized spacial score (nSPS) is 14.4. The first-order valence-electron chi connectivity index (χ1n) is 10.4. The highest BCUT2D eigenvalue weighted by molar-refractivity contribution is 7.89. The molecule has 174 valence electrons. The Balaban J connectivity index is 1.78. The summed E-state index contributed by atoms with van der Waals surface area (Å²) >= 11 is 0. The number of aromatic nitrogens is 2. The van der Waals surface area contributed by atoms with Crippen LogP contribution in [-0.2, 0) is 20.3 Å². The maximum Gasteiger partial charge on any atom is 0.319 e. The number of benzene rings is 1. The molecule has 2 heterocycles. The van der Waals surface area contributed by atoms with Crippen molar-refractivity contribution < 1.29 is 17.9 Å². The van der Waals surface area contributed by atoms with Gasteiger partial charge in [0.25, 0.3) is 0 Å². The minimum absolute atomic E-state index is 0.160. The van der Waals surface area contributed by atoms with Crippen LogP contribution in [0, 0.1) is 0 Å². The van der Waals surface area contributed by atoms with Crippen LogP contribution < -0.4 is 15.5 Å². The number of amides is 2. The molecule has 1 aromatic heterocycles. The van der Waals surface area contributed by atoms with Crippen molar-refractivity contribution in [2.75, 3.05) is 70.0 Å². The van der Waals surface area contributed by atoms with Gasteiger partial charge in [0.05, 0.1) is 24.7 Å². The summed E-state index contributed by atoms with van der Waals surface area (Å²) in [5, 5.41) is 5.58. The van der Waals surface area contributed by atoms with E-state index >= 15 is 0 Å². The van der Waals surface area contributed by atoms with Crippen LogP contribution in [0.25, 0.3) is 11.4 Å². The lowest BCUT2D eigenvalue weighted by molar-refractivity contribution is 0.122. The largest absolute Gasteiger partial charge is 0.378 e. The molecule has 1 aliphatic heterocycles. The fraction of sp³-hybridized carbons (Fsp3) is 0.476. The molecule has 0 aliphatic carbocycles. The van der Waals surface area contributed by atoms with E-state index in [0.717, 1.165) is 12.1 Å². The number of rotatable bonds is 8. The molecule has 11 heteroatoms. The van der Waals surface area contributed by atoms with E-state index in [-0.39, 0.29) is 11.8 Å². The Hall–Kier alpha value is -2.76. The number of anilines is 2. The molecule has 2 N–H and O–H groups in total. The fourth-order valence-corrected chi connectivity index (χ4v) is 3.87. The van der Waals surface area contributed by atoms with Crippen molar-refractivity contribution in [3.8, 4) is 11.4 Å². The van der Waals surface area contributed by atoms with E-state index < -0.39 is 9.84 Å². The third kappa shape index (κ3) is 7.43. The van der Waals surface area contributed by atoms with Crippen molar-refractivity contribution >= 4 is 27.4 Å². The predicted molar refractivity (Wildman–Crippen MR) is 125 cm³/mol. The molecule has 1 saturated heterocycles. The fourth-order valence-electron chi connectivity index (χ4n) is 3.18. The number of carbonyl (C=O) groups is 1. The molecule has 0 bridgehead atoms. The Kier molecular flexibility index (Phi) is 7.99. The Bertz CT molecular complexity index is 1020. The van der Waals surface area contributed by atoms with Crippen molar-refractivity contribution in [2.45, 2.75) is 5.75 Å².